The quantitative estimate of drug-likeness (QED) is 0.320. The molecule has 0 aliphatic rings. The molecule has 0 atom stereocenters. The van der Waals surface area contributed by atoms with E-state index in [1.807, 2.05) is 0 Å². The molecule has 4 aromatic rings. The fraction of sp³-hybridized carbons (Fsp3) is 0.0909. The number of carbonyl (C=O) groups is 2. The summed E-state index contributed by atoms with van der Waals surface area (Å²) in [6.07, 6.45) is -3.02. The summed E-state index contributed by atoms with van der Waals surface area (Å²) in [5, 5.41) is 12.2. The number of aromatic amines is 1. The first-order valence-electron chi connectivity index (χ1n) is 9.62. The van der Waals surface area contributed by atoms with E-state index in [0.717, 1.165) is 29.3 Å². The van der Waals surface area contributed by atoms with Crippen molar-refractivity contribution in [1.82, 2.24) is 15.2 Å². The summed E-state index contributed by atoms with van der Waals surface area (Å²) in [5.74, 6) is -0.109. The van der Waals surface area contributed by atoms with Crippen molar-refractivity contribution in [3.63, 3.8) is 0 Å². The zero-order valence-corrected chi connectivity index (χ0v) is 17.1. The number of nitrogens with two attached hydrogens (primary N) is 1. The highest BCUT2D eigenvalue weighted by Gasteiger charge is 2.31. The number of nitrogen functional groups attached to an aromatic ring is 1. The number of ketones is 1. The van der Waals surface area contributed by atoms with Crippen LogP contribution in [0.15, 0.2) is 54.7 Å². The van der Waals surface area contributed by atoms with Crippen molar-refractivity contribution in [1.29, 1.82) is 0 Å². The summed E-state index contributed by atoms with van der Waals surface area (Å²) >= 11 is 0. The van der Waals surface area contributed by atoms with Crippen molar-refractivity contribution in [2.45, 2.75) is 13.1 Å². The molecule has 4 rings (SSSR count). The highest BCUT2D eigenvalue weighted by atomic mass is 19.4. The van der Waals surface area contributed by atoms with Gasteiger partial charge in [-0.1, -0.05) is 12.1 Å². The SMILES string of the molecule is CC(=O)c1ccc(C(F)(F)F)cc1NC(=O)Nc1ccc(-c2ccnc3n[nH]c(N)c23)cc1. The molecular weight excluding hydrogens is 437 g/mol. The minimum Gasteiger partial charge on any atom is -0.383 e. The molecule has 0 saturated heterocycles. The fourth-order valence-electron chi connectivity index (χ4n) is 3.36. The van der Waals surface area contributed by atoms with Crippen LogP contribution in [0.25, 0.3) is 22.2 Å². The molecule has 0 unspecified atom stereocenters. The summed E-state index contributed by atoms with van der Waals surface area (Å²) < 4.78 is 39.1. The van der Waals surface area contributed by atoms with Crippen molar-refractivity contribution in [2.24, 2.45) is 0 Å². The minimum absolute atomic E-state index is 0.0343. The van der Waals surface area contributed by atoms with E-state index in [1.54, 1.807) is 36.5 Å². The third kappa shape index (κ3) is 4.47. The number of benzene rings is 2. The summed E-state index contributed by atoms with van der Waals surface area (Å²) in [5.41, 5.74) is 7.12. The van der Waals surface area contributed by atoms with Crippen molar-refractivity contribution in [3.05, 3.63) is 65.9 Å². The number of rotatable bonds is 4. The lowest BCUT2D eigenvalue weighted by Crippen LogP contribution is -2.21. The van der Waals surface area contributed by atoms with E-state index in [0.29, 0.717) is 22.5 Å². The van der Waals surface area contributed by atoms with Gasteiger partial charge in [0.15, 0.2) is 11.4 Å². The normalized spacial score (nSPS) is 11.4. The number of urea groups is 1. The van der Waals surface area contributed by atoms with Crippen LogP contribution in [0.3, 0.4) is 0 Å². The van der Waals surface area contributed by atoms with E-state index in [2.05, 4.69) is 25.8 Å². The van der Waals surface area contributed by atoms with Crippen molar-refractivity contribution in [3.8, 4) is 11.1 Å². The highest BCUT2D eigenvalue weighted by molar-refractivity contribution is 6.07. The van der Waals surface area contributed by atoms with Crippen LogP contribution in [-0.2, 0) is 6.18 Å². The molecule has 0 bridgehead atoms. The number of amides is 2. The van der Waals surface area contributed by atoms with Crippen molar-refractivity contribution in [2.75, 3.05) is 16.4 Å². The second-order valence-corrected chi connectivity index (χ2v) is 7.17. The van der Waals surface area contributed by atoms with Crippen LogP contribution in [0.2, 0.25) is 0 Å². The summed E-state index contributed by atoms with van der Waals surface area (Å²) in [4.78, 5) is 28.3. The largest absolute Gasteiger partial charge is 0.416 e. The molecule has 11 heteroatoms. The predicted octanol–water partition coefficient (Wildman–Crippen LogP) is 5.07. The molecule has 2 aromatic carbocycles. The lowest BCUT2D eigenvalue weighted by Gasteiger charge is -2.14. The van der Waals surface area contributed by atoms with E-state index in [-0.39, 0.29) is 11.3 Å². The Kier molecular flexibility index (Phi) is 5.46. The Bertz CT molecular complexity index is 1360. The molecule has 0 spiro atoms. The maximum Gasteiger partial charge on any atom is 0.416 e. The molecule has 0 fully saturated rings. The Morgan fingerprint density at radius 3 is 2.42 bits per heavy atom. The first-order valence-corrected chi connectivity index (χ1v) is 9.62. The third-order valence-corrected chi connectivity index (χ3v) is 4.91. The zero-order valence-electron chi connectivity index (χ0n) is 17.1. The average Bonchev–Trinajstić information content (AvgIpc) is 3.14. The van der Waals surface area contributed by atoms with Crippen molar-refractivity contribution >= 4 is 40.0 Å². The first-order chi connectivity index (χ1) is 15.6. The molecule has 2 heterocycles. The van der Waals surface area contributed by atoms with Gasteiger partial charge in [-0.3, -0.25) is 9.89 Å². The maximum atomic E-state index is 13.0. The van der Waals surface area contributed by atoms with Gasteiger partial charge in [-0.25, -0.2) is 9.78 Å². The number of nitrogens with one attached hydrogen (secondary N) is 3. The van der Waals surface area contributed by atoms with Crippen LogP contribution >= 0.6 is 0 Å². The average molecular weight is 454 g/mol. The van der Waals surface area contributed by atoms with E-state index in [1.165, 1.54) is 6.92 Å². The van der Waals surface area contributed by atoms with Crippen LogP contribution in [-0.4, -0.2) is 27.0 Å². The molecule has 33 heavy (non-hydrogen) atoms. The third-order valence-electron chi connectivity index (χ3n) is 4.91. The van der Waals surface area contributed by atoms with Gasteiger partial charge in [0.05, 0.1) is 16.6 Å². The minimum atomic E-state index is -4.62. The Labute approximate surface area is 185 Å². The Morgan fingerprint density at radius 1 is 1.03 bits per heavy atom. The molecule has 0 radical (unpaired) electrons. The number of nitrogens with zero attached hydrogens (tertiary/aromatic N) is 2. The molecule has 8 nitrogen and oxygen atoms in total. The Morgan fingerprint density at radius 2 is 1.76 bits per heavy atom. The second-order valence-electron chi connectivity index (χ2n) is 7.17. The van der Waals surface area contributed by atoms with Gasteiger partial charge in [0.1, 0.15) is 5.82 Å². The van der Waals surface area contributed by atoms with E-state index in [4.69, 9.17) is 5.73 Å². The van der Waals surface area contributed by atoms with Gasteiger partial charge in [0, 0.05) is 17.4 Å². The van der Waals surface area contributed by atoms with Gasteiger partial charge in [-0.2, -0.15) is 18.3 Å². The molecule has 2 aromatic heterocycles. The van der Waals surface area contributed by atoms with Gasteiger partial charge in [0.2, 0.25) is 0 Å². The van der Waals surface area contributed by atoms with Gasteiger partial charge in [-0.05, 0) is 54.4 Å². The molecule has 0 aliphatic carbocycles. The number of anilines is 3. The van der Waals surface area contributed by atoms with Gasteiger partial charge < -0.3 is 16.4 Å². The smallest absolute Gasteiger partial charge is 0.383 e. The highest BCUT2D eigenvalue weighted by Crippen LogP contribution is 2.33. The molecule has 168 valence electrons. The standard InChI is InChI=1S/C22H17F3N6O2/c1-11(32)15-7-4-13(22(23,24)25)10-17(15)29-21(33)28-14-5-2-12(3-6-14)16-8-9-27-20-18(16)19(26)30-31-20/h2-10H,1H3,(H2,28,29,33)(H3,26,27,30,31). The van der Waals surface area contributed by atoms with Crippen LogP contribution in [0, 0.1) is 0 Å². The molecule has 5 N–H and O–H groups in total. The Hall–Kier alpha value is -4.41. The van der Waals surface area contributed by atoms with E-state index < -0.39 is 23.6 Å². The number of alkyl halides is 3. The Balaban J connectivity index is 1.54. The summed E-state index contributed by atoms with van der Waals surface area (Å²) in [6.45, 7) is 1.20. The number of hydrogen-bond acceptors (Lipinski definition) is 5. The second kappa shape index (κ2) is 8.26. The van der Waals surface area contributed by atoms with Gasteiger partial charge in [0.25, 0.3) is 0 Å². The summed E-state index contributed by atoms with van der Waals surface area (Å²) in [6, 6.07) is 10.3. The number of halogens is 3. The van der Waals surface area contributed by atoms with Crippen LogP contribution in [0.5, 0.6) is 0 Å². The maximum absolute atomic E-state index is 13.0. The number of H-pyrrole nitrogens is 1. The molecule has 0 saturated carbocycles. The van der Waals surface area contributed by atoms with Crippen LogP contribution in [0.1, 0.15) is 22.8 Å². The number of carbonyl (C=O) groups excluding carboxylic acids is 2. The van der Waals surface area contributed by atoms with Crippen LogP contribution < -0.4 is 16.4 Å². The van der Waals surface area contributed by atoms with Crippen LogP contribution in [0.4, 0.5) is 35.2 Å². The number of pyridine rings is 1. The molecule has 2 amide bonds. The summed E-state index contributed by atoms with van der Waals surface area (Å²) in [7, 11) is 0. The predicted molar refractivity (Wildman–Crippen MR) is 118 cm³/mol. The fourth-order valence-corrected chi connectivity index (χ4v) is 3.36. The monoisotopic (exact) mass is 454 g/mol. The van der Waals surface area contributed by atoms with Gasteiger partial charge in [-0.15, -0.1) is 0 Å². The number of hydrogen-bond donors (Lipinski definition) is 4. The lowest BCUT2D eigenvalue weighted by molar-refractivity contribution is -0.137. The number of Topliss-reactive ketones (excluding diaryl/α,β-unsaturated/α-hetero) is 1. The van der Waals surface area contributed by atoms with Crippen molar-refractivity contribution < 1.29 is 22.8 Å². The number of aromatic nitrogens is 3. The zero-order chi connectivity index (χ0) is 23.8. The number of fused-ring (bicyclic) bond motifs is 1. The first kappa shape index (κ1) is 21.8. The van der Waals surface area contributed by atoms with Gasteiger partial charge >= 0.3 is 12.2 Å². The lowest BCUT2D eigenvalue weighted by atomic mass is 10.0. The van der Waals surface area contributed by atoms with E-state index in [9.17, 15) is 22.8 Å². The topological polar surface area (TPSA) is 126 Å². The molecule has 0 aliphatic heterocycles. The van der Waals surface area contributed by atoms with E-state index >= 15 is 0 Å². The molecular formula is C22H17F3N6O2.